The predicted octanol–water partition coefficient (Wildman–Crippen LogP) is 2.94. The Morgan fingerprint density at radius 3 is 2.75 bits per heavy atom. The molecule has 2 aromatic rings. The van der Waals surface area contributed by atoms with E-state index in [1.165, 1.54) is 13.3 Å². The highest BCUT2D eigenvalue weighted by molar-refractivity contribution is 9.11. The molecular formula is C10H6Br2N2O2. The van der Waals surface area contributed by atoms with Crippen LogP contribution in [-0.4, -0.2) is 23.0 Å². The minimum absolute atomic E-state index is 0.366. The van der Waals surface area contributed by atoms with Crippen LogP contribution >= 0.6 is 31.9 Å². The summed E-state index contributed by atoms with van der Waals surface area (Å²) in [6.07, 6.45) is 3.11. The lowest BCUT2D eigenvalue weighted by Crippen LogP contribution is -2.03. The molecular weight excluding hydrogens is 340 g/mol. The minimum atomic E-state index is -0.439. The average Bonchev–Trinajstić information content (AvgIpc) is 2.28. The summed E-state index contributed by atoms with van der Waals surface area (Å²) in [6.45, 7) is 0. The van der Waals surface area contributed by atoms with E-state index in [0.717, 1.165) is 4.47 Å². The molecule has 0 amide bonds. The number of fused-ring (bicyclic) bond motifs is 1. The van der Waals surface area contributed by atoms with Crippen LogP contribution in [0.5, 0.6) is 0 Å². The number of hydrogen-bond acceptors (Lipinski definition) is 4. The van der Waals surface area contributed by atoms with Crippen LogP contribution in [0.25, 0.3) is 11.0 Å². The molecule has 0 aliphatic carbocycles. The maximum absolute atomic E-state index is 11.4. The molecule has 0 atom stereocenters. The summed E-state index contributed by atoms with van der Waals surface area (Å²) in [5.74, 6) is -0.439. The fourth-order valence-corrected chi connectivity index (χ4v) is 2.16. The second kappa shape index (κ2) is 4.47. The van der Waals surface area contributed by atoms with E-state index in [1.807, 2.05) is 6.07 Å². The van der Waals surface area contributed by atoms with E-state index in [4.69, 9.17) is 0 Å². The molecule has 2 rings (SSSR count). The number of carbonyl (C=O) groups excluding carboxylic acids is 1. The molecule has 0 saturated heterocycles. The number of pyridine rings is 2. The Balaban J connectivity index is 2.70. The molecule has 0 aliphatic rings. The second-order valence-corrected chi connectivity index (χ2v) is 4.71. The maximum atomic E-state index is 11.4. The first-order chi connectivity index (χ1) is 7.63. The van der Waals surface area contributed by atoms with Crippen molar-refractivity contribution in [3.05, 3.63) is 33.0 Å². The Labute approximate surface area is 108 Å². The van der Waals surface area contributed by atoms with Crippen LogP contribution < -0.4 is 0 Å². The summed E-state index contributed by atoms with van der Waals surface area (Å²) in [5.41, 5.74) is 1.70. The van der Waals surface area contributed by atoms with Crippen molar-refractivity contribution in [3.8, 4) is 0 Å². The van der Waals surface area contributed by atoms with Crippen molar-refractivity contribution in [1.29, 1.82) is 0 Å². The first-order valence-electron chi connectivity index (χ1n) is 4.31. The van der Waals surface area contributed by atoms with Crippen LogP contribution in [0.3, 0.4) is 0 Å². The number of aromatic nitrogens is 2. The largest absolute Gasteiger partial charge is 0.465 e. The van der Waals surface area contributed by atoms with E-state index < -0.39 is 5.97 Å². The van der Waals surface area contributed by atoms with E-state index in [9.17, 15) is 4.79 Å². The summed E-state index contributed by atoms with van der Waals surface area (Å²) in [4.78, 5) is 19.8. The van der Waals surface area contributed by atoms with Gasteiger partial charge in [-0.05, 0) is 37.9 Å². The van der Waals surface area contributed by atoms with Gasteiger partial charge in [-0.15, -0.1) is 0 Å². The fraction of sp³-hybridized carbons (Fsp3) is 0.100. The first-order valence-corrected chi connectivity index (χ1v) is 5.90. The van der Waals surface area contributed by atoms with Gasteiger partial charge in [0.2, 0.25) is 0 Å². The molecule has 16 heavy (non-hydrogen) atoms. The van der Waals surface area contributed by atoms with Crippen molar-refractivity contribution in [1.82, 2.24) is 9.97 Å². The maximum Gasteiger partial charge on any atom is 0.340 e. The lowest BCUT2D eigenvalue weighted by molar-refractivity contribution is 0.0599. The van der Waals surface area contributed by atoms with E-state index in [0.29, 0.717) is 21.1 Å². The Morgan fingerprint density at radius 2 is 2.06 bits per heavy atom. The number of carbonyl (C=O) groups is 1. The SMILES string of the molecule is COC(=O)c1cnc2cc(Br)cnc2c1Br. The summed E-state index contributed by atoms with van der Waals surface area (Å²) in [5, 5.41) is 0. The Bertz CT molecular complexity index is 572. The molecule has 6 heteroatoms. The van der Waals surface area contributed by atoms with Gasteiger partial charge in [0.1, 0.15) is 5.52 Å². The van der Waals surface area contributed by atoms with Crippen molar-refractivity contribution < 1.29 is 9.53 Å². The third kappa shape index (κ3) is 1.94. The molecule has 82 valence electrons. The van der Waals surface area contributed by atoms with Crippen LogP contribution in [0.2, 0.25) is 0 Å². The van der Waals surface area contributed by atoms with Gasteiger partial charge in [-0.25, -0.2) is 4.79 Å². The highest BCUT2D eigenvalue weighted by Crippen LogP contribution is 2.26. The second-order valence-electron chi connectivity index (χ2n) is 3.00. The molecule has 0 aliphatic heterocycles. The molecule has 2 heterocycles. The first kappa shape index (κ1) is 11.5. The Morgan fingerprint density at radius 1 is 1.31 bits per heavy atom. The molecule has 0 spiro atoms. The molecule has 0 fully saturated rings. The highest BCUT2D eigenvalue weighted by atomic mass is 79.9. The van der Waals surface area contributed by atoms with Crippen molar-refractivity contribution in [2.24, 2.45) is 0 Å². The standard InChI is InChI=1S/C10H6Br2N2O2/c1-16-10(15)6-4-13-7-2-5(11)3-14-9(7)8(6)12/h2-4H,1H3. The highest BCUT2D eigenvalue weighted by Gasteiger charge is 2.14. The zero-order valence-electron chi connectivity index (χ0n) is 8.20. The van der Waals surface area contributed by atoms with Crippen LogP contribution in [0.4, 0.5) is 0 Å². The number of rotatable bonds is 1. The zero-order valence-corrected chi connectivity index (χ0v) is 11.4. The van der Waals surface area contributed by atoms with Gasteiger partial charge in [0.25, 0.3) is 0 Å². The van der Waals surface area contributed by atoms with Crippen molar-refractivity contribution in [3.63, 3.8) is 0 Å². The quantitative estimate of drug-likeness (QED) is 0.746. The normalized spacial score (nSPS) is 10.4. The van der Waals surface area contributed by atoms with E-state index in [1.54, 1.807) is 6.20 Å². The Hall–Kier alpha value is -1.01. The van der Waals surface area contributed by atoms with Gasteiger partial charge in [0, 0.05) is 16.9 Å². The monoisotopic (exact) mass is 344 g/mol. The molecule has 0 saturated carbocycles. The van der Waals surface area contributed by atoms with Crippen LogP contribution in [-0.2, 0) is 4.74 Å². The fourth-order valence-electron chi connectivity index (χ4n) is 1.27. The third-order valence-corrected chi connectivity index (χ3v) is 3.25. The van der Waals surface area contributed by atoms with Crippen LogP contribution in [0.1, 0.15) is 10.4 Å². The van der Waals surface area contributed by atoms with Crippen LogP contribution in [0.15, 0.2) is 27.4 Å². The number of ether oxygens (including phenoxy) is 1. The van der Waals surface area contributed by atoms with Crippen LogP contribution in [0, 0.1) is 0 Å². The summed E-state index contributed by atoms with van der Waals surface area (Å²) < 4.78 is 6.08. The molecule has 4 nitrogen and oxygen atoms in total. The number of esters is 1. The number of halogens is 2. The van der Waals surface area contributed by atoms with E-state index >= 15 is 0 Å². The molecule has 0 aromatic carbocycles. The summed E-state index contributed by atoms with van der Waals surface area (Å²) >= 11 is 6.64. The topological polar surface area (TPSA) is 52.1 Å². The lowest BCUT2D eigenvalue weighted by Gasteiger charge is -2.04. The molecule has 0 N–H and O–H groups in total. The van der Waals surface area contributed by atoms with Gasteiger partial charge in [-0.2, -0.15) is 0 Å². The molecule has 0 radical (unpaired) electrons. The smallest absolute Gasteiger partial charge is 0.340 e. The van der Waals surface area contributed by atoms with E-state index in [-0.39, 0.29) is 0 Å². The third-order valence-electron chi connectivity index (χ3n) is 2.02. The molecule has 0 bridgehead atoms. The van der Waals surface area contributed by atoms with Gasteiger partial charge in [0.05, 0.1) is 22.7 Å². The molecule has 2 aromatic heterocycles. The average molecular weight is 346 g/mol. The number of methoxy groups -OCH3 is 1. The minimum Gasteiger partial charge on any atom is -0.465 e. The summed E-state index contributed by atoms with van der Waals surface area (Å²) in [6, 6.07) is 1.83. The van der Waals surface area contributed by atoms with Gasteiger partial charge in [-0.3, -0.25) is 9.97 Å². The number of nitrogens with zero attached hydrogens (tertiary/aromatic N) is 2. The van der Waals surface area contributed by atoms with Gasteiger partial charge in [-0.1, -0.05) is 0 Å². The van der Waals surface area contributed by atoms with Gasteiger partial charge < -0.3 is 4.74 Å². The van der Waals surface area contributed by atoms with Crippen molar-refractivity contribution in [2.45, 2.75) is 0 Å². The van der Waals surface area contributed by atoms with Gasteiger partial charge >= 0.3 is 5.97 Å². The Kier molecular flexibility index (Phi) is 3.20. The molecule has 0 unspecified atom stereocenters. The number of hydrogen-bond donors (Lipinski definition) is 0. The summed E-state index contributed by atoms with van der Waals surface area (Å²) in [7, 11) is 1.33. The van der Waals surface area contributed by atoms with Crippen molar-refractivity contribution >= 4 is 48.9 Å². The van der Waals surface area contributed by atoms with Gasteiger partial charge in [0.15, 0.2) is 0 Å². The van der Waals surface area contributed by atoms with E-state index in [2.05, 4.69) is 46.6 Å². The lowest BCUT2D eigenvalue weighted by atomic mass is 10.2. The zero-order chi connectivity index (χ0) is 11.7. The predicted molar refractivity (Wildman–Crippen MR) is 66.3 cm³/mol. The van der Waals surface area contributed by atoms with Crippen molar-refractivity contribution in [2.75, 3.05) is 7.11 Å².